The average molecular weight is 516 g/mol. The minimum atomic E-state index is -1.03. The van der Waals surface area contributed by atoms with Gasteiger partial charge in [0.1, 0.15) is 10.9 Å². The van der Waals surface area contributed by atoms with Crippen molar-refractivity contribution in [3.05, 3.63) is 95.1 Å². The third-order valence-electron chi connectivity index (χ3n) is 5.12. The van der Waals surface area contributed by atoms with Crippen LogP contribution in [-0.2, 0) is 9.59 Å². The molecule has 9 nitrogen and oxygen atoms in total. The van der Waals surface area contributed by atoms with Crippen molar-refractivity contribution < 1.29 is 19.1 Å². The maximum atomic E-state index is 12.8. The number of hydrogen-bond donors (Lipinski definition) is 3. The fraction of sp³-hybridized carbons (Fsp3) is 0.0741. The number of halogens is 1. The van der Waals surface area contributed by atoms with E-state index in [0.29, 0.717) is 23.6 Å². The summed E-state index contributed by atoms with van der Waals surface area (Å²) in [5.41, 5.74) is 4.23. The average Bonchev–Trinajstić information content (AvgIpc) is 2.90. The quantitative estimate of drug-likeness (QED) is 0.143. The van der Waals surface area contributed by atoms with Gasteiger partial charge in [-0.15, -0.1) is 0 Å². The molecule has 0 atom stereocenters. The van der Waals surface area contributed by atoms with E-state index in [9.17, 15) is 14.4 Å². The van der Waals surface area contributed by atoms with Gasteiger partial charge in [-0.3, -0.25) is 14.4 Å². The number of nitrogens with zero attached hydrogens (tertiary/aromatic N) is 2. The molecule has 3 N–H and O–H groups in total. The molecule has 186 valence electrons. The zero-order valence-corrected chi connectivity index (χ0v) is 20.5. The predicted octanol–water partition coefficient (Wildman–Crippen LogP) is 4.63. The van der Waals surface area contributed by atoms with Crippen LogP contribution in [0.5, 0.6) is 5.75 Å². The van der Waals surface area contributed by atoms with Gasteiger partial charge in [-0.1, -0.05) is 41.9 Å². The second-order valence-corrected chi connectivity index (χ2v) is 8.03. The zero-order chi connectivity index (χ0) is 26.2. The van der Waals surface area contributed by atoms with Gasteiger partial charge in [-0.05, 0) is 55.5 Å². The van der Waals surface area contributed by atoms with E-state index in [1.807, 2.05) is 31.2 Å². The number of carbonyl (C=O) groups excluding carboxylic acids is 3. The number of fused-ring (bicyclic) bond motifs is 1. The van der Waals surface area contributed by atoms with Crippen molar-refractivity contribution in [2.75, 3.05) is 17.2 Å². The van der Waals surface area contributed by atoms with Crippen molar-refractivity contribution in [2.24, 2.45) is 5.10 Å². The largest absolute Gasteiger partial charge is 0.494 e. The lowest BCUT2D eigenvalue weighted by atomic mass is 10.1. The number of rotatable bonds is 7. The van der Waals surface area contributed by atoms with Crippen molar-refractivity contribution in [3.8, 4) is 5.75 Å². The summed E-state index contributed by atoms with van der Waals surface area (Å²) in [7, 11) is 0. The Morgan fingerprint density at radius 3 is 2.46 bits per heavy atom. The lowest BCUT2D eigenvalue weighted by Gasteiger charge is -2.11. The number of carbonyl (C=O) groups is 3. The van der Waals surface area contributed by atoms with Crippen LogP contribution < -0.4 is 20.8 Å². The zero-order valence-electron chi connectivity index (χ0n) is 19.7. The molecule has 0 unspecified atom stereocenters. The third kappa shape index (κ3) is 6.47. The first-order chi connectivity index (χ1) is 17.9. The first kappa shape index (κ1) is 25.3. The molecule has 0 radical (unpaired) electrons. The van der Waals surface area contributed by atoms with E-state index < -0.39 is 17.7 Å². The Morgan fingerprint density at radius 1 is 0.946 bits per heavy atom. The number of pyridine rings is 1. The van der Waals surface area contributed by atoms with E-state index in [4.69, 9.17) is 16.3 Å². The molecule has 0 aliphatic rings. The van der Waals surface area contributed by atoms with E-state index in [0.717, 1.165) is 10.9 Å². The van der Waals surface area contributed by atoms with Crippen molar-refractivity contribution in [1.29, 1.82) is 0 Å². The highest BCUT2D eigenvalue weighted by Gasteiger charge is 2.18. The molecule has 37 heavy (non-hydrogen) atoms. The van der Waals surface area contributed by atoms with Crippen molar-refractivity contribution in [3.63, 3.8) is 0 Å². The normalized spacial score (nSPS) is 10.8. The standard InChI is InChI=1S/C27H22ClN5O4/c1-2-37-20-13-11-19(12-14-20)30-25(34)21-8-4-6-10-23(21)32-26(35)27(36)33-29-16-18-15-17-7-3-5-9-22(17)31-24(18)28/h3-16H,2H2,1H3,(H,30,34)(H,32,35)(H,33,36)/b29-16-. The number of amides is 3. The fourth-order valence-corrected chi connectivity index (χ4v) is 3.57. The SMILES string of the molecule is CCOc1ccc(NC(=O)c2ccccc2NC(=O)C(=O)N/N=C\c2cc3ccccc3nc2Cl)cc1. The van der Waals surface area contributed by atoms with E-state index in [1.165, 1.54) is 18.3 Å². The Labute approximate surface area is 217 Å². The molecule has 0 saturated carbocycles. The van der Waals surface area contributed by atoms with Gasteiger partial charge in [0.05, 0.1) is 29.6 Å². The summed E-state index contributed by atoms with van der Waals surface area (Å²) in [6, 6.07) is 22.4. The number of para-hydroxylation sites is 2. The van der Waals surface area contributed by atoms with Crippen LogP contribution in [0.2, 0.25) is 5.15 Å². The van der Waals surface area contributed by atoms with Crippen molar-refractivity contribution in [1.82, 2.24) is 10.4 Å². The van der Waals surface area contributed by atoms with Crippen LogP contribution in [0, 0.1) is 0 Å². The molecule has 3 amide bonds. The van der Waals surface area contributed by atoms with Gasteiger partial charge in [0.25, 0.3) is 5.91 Å². The van der Waals surface area contributed by atoms with E-state index in [1.54, 1.807) is 42.5 Å². The molecule has 4 rings (SSSR count). The van der Waals surface area contributed by atoms with Gasteiger partial charge in [-0.2, -0.15) is 5.10 Å². The minimum absolute atomic E-state index is 0.164. The molecule has 1 heterocycles. The monoisotopic (exact) mass is 515 g/mol. The molecule has 3 aromatic carbocycles. The number of hydrogen-bond acceptors (Lipinski definition) is 6. The molecule has 4 aromatic rings. The summed E-state index contributed by atoms with van der Waals surface area (Å²) in [6.45, 7) is 2.41. The van der Waals surface area contributed by atoms with Crippen LogP contribution in [0.25, 0.3) is 10.9 Å². The van der Waals surface area contributed by atoms with Gasteiger partial charge in [0.15, 0.2) is 0 Å². The molecule has 10 heteroatoms. The van der Waals surface area contributed by atoms with Gasteiger partial charge in [-0.25, -0.2) is 10.4 Å². The van der Waals surface area contributed by atoms with Gasteiger partial charge >= 0.3 is 11.8 Å². The van der Waals surface area contributed by atoms with Crippen LogP contribution in [0.15, 0.2) is 84.0 Å². The molecule has 0 fully saturated rings. The second kappa shape index (κ2) is 11.8. The van der Waals surface area contributed by atoms with Gasteiger partial charge in [0, 0.05) is 16.6 Å². The number of nitrogens with one attached hydrogen (secondary N) is 3. The van der Waals surface area contributed by atoms with Crippen LogP contribution in [0.4, 0.5) is 11.4 Å². The smallest absolute Gasteiger partial charge is 0.329 e. The maximum Gasteiger partial charge on any atom is 0.329 e. The van der Waals surface area contributed by atoms with E-state index in [2.05, 4.69) is 26.1 Å². The number of anilines is 2. The highest BCUT2D eigenvalue weighted by Crippen LogP contribution is 2.20. The highest BCUT2D eigenvalue weighted by molar-refractivity contribution is 6.40. The lowest BCUT2D eigenvalue weighted by Crippen LogP contribution is -2.33. The summed E-state index contributed by atoms with van der Waals surface area (Å²) >= 11 is 6.18. The summed E-state index contributed by atoms with van der Waals surface area (Å²) < 4.78 is 5.39. The molecule has 0 saturated heterocycles. The van der Waals surface area contributed by atoms with E-state index >= 15 is 0 Å². The number of aromatic nitrogens is 1. The topological polar surface area (TPSA) is 122 Å². The predicted molar refractivity (Wildman–Crippen MR) is 143 cm³/mol. The third-order valence-corrected chi connectivity index (χ3v) is 5.43. The minimum Gasteiger partial charge on any atom is -0.494 e. The Kier molecular flexibility index (Phi) is 8.07. The van der Waals surface area contributed by atoms with Crippen molar-refractivity contribution >= 4 is 57.8 Å². The van der Waals surface area contributed by atoms with Crippen LogP contribution in [0.3, 0.4) is 0 Å². The maximum absolute atomic E-state index is 12.8. The molecule has 1 aromatic heterocycles. The molecular formula is C27H22ClN5O4. The van der Waals surface area contributed by atoms with Gasteiger partial charge < -0.3 is 15.4 Å². The van der Waals surface area contributed by atoms with Crippen LogP contribution >= 0.6 is 11.6 Å². The first-order valence-corrected chi connectivity index (χ1v) is 11.7. The van der Waals surface area contributed by atoms with Crippen LogP contribution in [-0.4, -0.2) is 35.5 Å². The fourth-order valence-electron chi connectivity index (χ4n) is 3.38. The van der Waals surface area contributed by atoms with Crippen LogP contribution in [0.1, 0.15) is 22.8 Å². The Bertz CT molecular complexity index is 1490. The Morgan fingerprint density at radius 2 is 1.68 bits per heavy atom. The molecule has 0 aliphatic heterocycles. The first-order valence-electron chi connectivity index (χ1n) is 11.3. The molecule has 0 bridgehead atoms. The van der Waals surface area contributed by atoms with Crippen molar-refractivity contribution in [2.45, 2.75) is 6.92 Å². The Balaban J connectivity index is 1.39. The molecule has 0 spiro atoms. The highest BCUT2D eigenvalue weighted by atomic mass is 35.5. The molecule has 0 aliphatic carbocycles. The summed E-state index contributed by atoms with van der Waals surface area (Å²) in [5.74, 6) is -1.80. The van der Waals surface area contributed by atoms with E-state index in [-0.39, 0.29) is 16.4 Å². The summed E-state index contributed by atoms with van der Waals surface area (Å²) in [6.07, 6.45) is 1.30. The number of ether oxygens (including phenoxy) is 1. The molecular weight excluding hydrogens is 494 g/mol. The lowest BCUT2D eigenvalue weighted by molar-refractivity contribution is -0.136. The number of hydrazone groups is 1. The van der Waals surface area contributed by atoms with Gasteiger partial charge in [0.2, 0.25) is 0 Å². The summed E-state index contributed by atoms with van der Waals surface area (Å²) in [5, 5.41) is 10.0. The number of benzene rings is 3. The second-order valence-electron chi connectivity index (χ2n) is 7.67. The summed E-state index contributed by atoms with van der Waals surface area (Å²) in [4.78, 5) is 41.8. The Hall–Kier alpha value is -4.76.